The predicted octanol–water partition coefficient (Wildman–Crippen LogP) is 12.2. The number of hydrogen-bond acceptors (Lipinski definition) is 0. The number of benzene rings is 2. The molecular weight excluding hydrogens is 463 g/mol. The maximum atomic E-state index is 2.55. The van der Waals surface area contributed by atoms with Gasteiger partial charge < -0.3 is 0 Å². The first-order chi connectivity index (χ1) is 17.8. The molecule has 0 radical (unpaired) electrons. The molecule has 0 nitrogen and oxygen atoms in total. The van der Waals surface area contributed by atoms with Crippen molar-refractivity contribution in [2.75, 3.05) is 0 Å². The molecule has 1 saturated carbocycles. The summed E-state index contributed by atoms with van der Waals surface area (Å²) in [7, 11) is -0.177. The van der Waals surface area contributed by atoms with Crippen LogP contribution in [0.3, 0.4) is 0 Å². The fourth-order valence-electron chi connectivity index (χ4n) is 6.21. The summed E-state index contributed by atoms with van der Waals surface area (Å²) >= 11 is 0. The molecule has 2 unspecified atom stereocenters. The normalized spacial score (nSPS) is 16.1. The molecule has 2 aromatic rings. The van der Waals surface area contributed by atoms with Gasteiger partial charge in [-0.3, -0.25) is 0 Å². The monoisotopic (exact) mass is 522 g/mol. The van der Waals surface area contributed by atoms with Gasteiger partial charge in [-0.25, -0.2) is 0 Å². The highest BCUT2D eigenvalue weighted by Gasteiger charge is 2.33. The lowest BCUT2D eigenvalue weighted by Crippen LogP contribution is -2.26. The molecule has 208 valence electrons. The van der Waals surface area contributed by atoms with E-state index in [2.05, 4.69) is 91.8 Å². The Hall–Kier alpha value is -1.13. The zero-order chi connectivity index (χ0) is 27.5. The van der Waals surface area contributed by atoms with Gasteiger partial charge >= 0.3 is 0 Å². The summed E-state index contributed by atoms with van der Waals surface area (Å²) in [4.78, 5) is 0. The largest absolute Gasteiger partial charge is 0.0683 e. The van der Waals surface area contributed by atoms with Crippen LogP contribution in [0.4, 0.5) is 0 Å². The van der Waals surface area contributed by atoms with Gasteiger partial charge in [0.15, 0.2) is 0 Å². The van der Waals surface area contributed by atoms with Crippen LogP contribution >= 0.6 is 7.92 Å². The van der Waals surface area contributed by atoms with Crippen molar-refractivity contribution in [1.29, 1.82) is 0 Å². The van der Waals surface area contributed by atoms with E-state index in [0.717, 1.165) is 11.3 Å². The quantitative estimate of drug-likeness (QED) is 0.257. The van der Waals surface area contributed by atoms with Crippen molar-refractivity contribution < 1.29 is 0 Å². The first-order valence-corrected chi connectivity index (χ1v) is 17.3. The number of rotatable bonds is 11. The van der Waals surface area contributed by atoms with Crippen molar-refractivity contribution in [3.8, 4) is 11.1 Å². The van der Waals surface area contributed by atoms with E-state index in [9.17, 15) is 0 Å². The van der Waals surface area contributed by atoms with Crippen LogP contribution in [0.2, 0.25) is 0 Å². The highest BCUT2D eigenvalue weighted by molar-refractivity contribution is 7.67. The van der Waals surface area contributed by atoms with Crippen LogP contribution in [0.5, 0.6) is 0 Å². The van der Waals surface area contributed by atoms with Gasteiger partial charge in [0.25, 0.3) is 0 Å². The maximum Gasteiger partial charge on any atom is -0.0101 e. The molecule has 0 amide bonds. The average Bonchev–Trinajstić information content (AvgIpc) is 2.91. The molecule has 1 aliphatic rings. The molecule has 37 heavy (non-hydrogen) atoms. The molecule has 0 aromatic heterocycles. The van der Waals surface area contributed by atoms with Crippen molar-refractivity contribution in [2.45, 2.75) is 156 Å². The van der Waals surface area contributed by atoms with Crippen molar-refractivity contribution in [3.63, 3.8) is 0 Å². The van der Waals surface area contributed by atoms with Crippen molar-refractivity contribution in [1.82, 2.24) is 0 Å². The van der Waals surface area contributed by atoms with E-state index in [-0.39, 0.29) is 7.92 Å². The van der Waals surface area contributed by atoms with E-state index in [1.807, 2.05) is 13.8 Å². The minimum atomic E-state index is -0.177. The molecule has 1 aliphatic carbocycles. The van der Waals surface area contributed by atoms with Crippen LogP contribution in [0.1, 0.15) is 161 Å². The number of hydrogen-bond donors (Lipinski definition) is 0. The third-order valence-electron chi connectivity index (χ3n) is 8.31. The fourth-order valence-corrected chi connectivity index (χ4v) is 10.1. The summed E-state index contributed by atoms with van der Waals surface area (Å²) < 4.78 is 0. The average molecular weight is 523 g/mol. The molecule has 1 fully saturated rings. The van der Waals surface area contributed by atoms with Gasteiger partial charge in [-0.15, -0.1) is 0 Å². The van der Waals surface area contributed by atoms with Crippen LogP contribution in [0, 0.1) is 0 Å². The Morgan fingerprint density at radius 2 is 1.35 bits per heavy atom. The summed E-state index contributed by atoms with van der Waals surface area (Å²) in [6, 6.07) is 14.8. The summed E-state index contributed by atoms with van der Waals surface area (Å²) in [6.45, 7) is 23.1. The Morgan fingerprint density at radius 1 is 0.784 bits per heavy atom. The summed E-state index contributed by atoms with van der Waals surface area (Å²) in [6.07, 6.45) is 12.6. The summed E-state index contributed by atoms with van der Waals surface area (Å²) in [5.41, 5.74) is 9.53. The van der Waals surface area contributed by atoms with Gasteiger partial charge in [0, 0.05) is 0 Å². The minimum Gasteiger partial charge on any atom is -0.0683 e. The lowest BCUT2D eigenvalue weighted by Gasteiger charge is -2.38. The number of unbranched alkanes of at least 4 members (excludes halogenated alkanes) is 1. The molecule has 3 rings (SSSR count). The fraction of sp³-hybridized carbons (Fsp3) is 0.667. The van der Waals surface area contributed by atoms with E-state index in [0.29, 0.717) is 17.8 Å². The first-order valence-electron chi connectivity index (χ1n) is 15.8. The van der Waals surface area contributed by atoms with Crippen LogP contribution in [-0.4, -0.2) is 11.3 Å². The van der Waals surface area contributed by atoms with Crippen molar-refractivity contribution >= 4 is 13.2 Å². The van der Waals surface area contributed by atoms with E-state index in [1.54, 1.807) is 27.6 Å². The van der Waals surface area contributed by atoms with Crippen LogP contribution < -0.4 is 5.30 Å². The van der Waals surface area contributed by atoms with Crippen LogP contribution in [0.25, 0.3) is 11.1 Å². The maximum absolute atomic E-state index is 2.55. The highest BCUT2D eigenvalue weighted by atomic mass is 31.1. The molecule has 0 heterocycles. The Morgan fingerprint density at radius 3 is 1.84 bits per heavy atom. The lowest BCUT2D eigenvalue weighted by atomic mass is 9.82. The van der Waals surface area contributed by atoms with Gasteiger partial charge in [0.2, 0.25) is 0 Å². The topological polar surface area (TPSA) is 0 Å². The van der Waals surface area contributed by atoms with E-state index < -0.39 is 0 Å². The van der Waals surface area contributed by atoms with E-state index >= 15 is 0 Å². The third kappa shape index (κ3) is 8.18. The summed E-state index contributed by atoms with van der Waals surface area (Å²) in [5.74, 6) is 1.61. The molecule has 2 aromatic carbocycles. The molecule has 2 atom stereocenters. The van der Waals surface area contributed by atoms with Gasteiger partial charge in [-0.05, 0) is 87.9 Å². The molecule has 0 bridgehead atoms. The van der Waals surface area contributed by atoms with Gasteiger partial charge in [0.05, 0.1) is 0 Å². The zero-order valence-corrected chi connectivity index (χ0v) is 27.1. The van der Waals surface area contributed by atoms with Crippen LogP contribution in [0.15, 0.2) is 36.4 Å². The van der Waals surface area contributed by atoms with Gasteiger partial charge in [0.1, 0.15) is 0 Å². The SMILES string of the molecule is CC.CCCCC(CC)P(c1ccccc1-c1c(C(C)C)cc(C(C)C)cc1C(C)C)C1CCCCC1. The van der Waals surface area contributed by atoms with Crippen LogP contribution in [-0.2, 0) is 0 Å². The molecule has 0 aliphatic heterocycles. The molecular formula is C36H59P. The second-order valence-electron chi connectivity index (χ2n) is 12.0. The Labute approximate surface area is 233 Å². The molecule has 0 saturated heterocycles. The molecule has 0 spiro atoms. The zero-order valence-electron chi connectivity index (χ0n) is 26.2. The Bertz CT molecular complexity index is 887. The first kappa shape index (κ1) is 32.1. The van der Waals surface area contributed by atoms with E-state index in [1.165, 1.54) is 63.4 Å². The van der Waals surface area contributed by atoms with Crippen molar-refractivity contribution in [3.05, 3.63) is 53.1 Å². The highest BCUT2D eigenvalue weighted by Crippen LogP contribution is 2.55. The van der Waals surface area contributed by atoms with Crippen molar-refractivity contribution in [2.24, 2.45) is 0 Å². The second kappa shape index (κ2) is 16.1. The lowest BCUT2D eigenvalue weighted by molar-refractivity contribution is 0.507. The van der Waals surface area contributed by atoms with Gasteiger partial charge in [-0.1, -0.05) is 146 Å². The minimum absolute atomic E-state index is 0.177. The standard InChI is InChI=1S/C34H53P.C2H6/c1-9-11-17-28(10-2)35(29-18-13-12-14-19-29)33-21-16-15-20-30(33)34-31(25(5)6)22-27(24(3)4)23-32(34)26(7)8;1-2/h15-16,20-26,28-29H,9-14,17-19H2,1-8H3;1-2H3. The second-order valence-corrected chi connectivity index (χ2v) is 14.7. The smallest absolute Gasteiger partial charge is 0.0101 e. The molecule has 1 heteroatoms. The summed E-state index contributed by atoms with van der Waals surface area (Å²) in [5, 5.41) is 1.72. The third-order valence-corrected chi connectivity index (χ3v) is 12.0. The van der Waals surface area contributed by atoms with Gasteiger partial charge in [-0.2, -0.15) is 0 Å². The Balaban J connectivity index is 0.00000235. The van der Waals surface area contributed by atoms with E-state index in [4.69, 9.17) is 0 Å². The predicted molar refractivity (Wildman–Crippen MR) is 173 cm³/mol. The molecule has 0 N–H and O–H groups in total. The Kier molecular flexibility index (Phi) is 13.9.